The van der Waals surface area contributed by atoms with Gasteiger partial charge in [-0.2, -0.15) is 0 Å². The Kier molecular flexibility index (Phi) is 3.08. The molecule has 4 heteroatoms. The minimum atomic E-state index is -0.130. The van der Waals surface area contributed by atoms with Crippen molar-refractivity contribution in [3.63, 3.8) is 0 Å². The summed E-state index contributed by atoms with van der Waals surface area (Å²) in [5.41, 5.74) is 0.729. The van der Waals surface area contributed by atoms with Gasteiger partial charge in [-0.05, 0) is 12.1 Å². The molecule has 1 aliphatic rings. The van der Waals surface area contributed by atoms with Gasteiger partial charge >= 0.3 is 0 Å². The number of ether oxygens (including phenoxy) is 2. The van der Waals surface area contributed by atoms with Crippen LogP contribution in [0.3, 0.4) is 0 Å². The molecular formula is C11H15NO3. The van der Waals surface area contributed by atoms with Crippen molar-refractivity contribution >= 4 is 0 Å². The summed E-state index contributed by atoms with van der Waals surface area (Å²) in [6.07, 6.45) is -0.130. The van der Waals surface area contributed by atoms with Crippen LogP contribution in [0.5, 0.6) is 11.5 Å². The van der Waals surface area contributed by atoms with Gasteiger partial charge in [0.1, 0.15) is 17.6 Å². The van der Waals surface area contributed by atoms with Gasteiger partial charge in [-0.3, -0.25) is 0 Å². The van der Waals surface area contributed by atoms with E-state index < -0.39 is 0 Å². The van der Waals surface area contributed by atoms with Crippen molar-refractivity contribution in [3.05, 3.63) is 23.8 Å². The molecule has 1 atom stereocenters. The Labute approximate surface area is 88.8 Å². The van der Waals surface area contributed by atoms with E-state index in [4.69, 9.17) is 9.47 Å². The van der Waals surface area contributed by atoms with E-state index in [1.807, 2.05) is 6.07 Å². The van der Waals surface area contributed by atoms with Crippen LogP contribution in [0.4, 0.5) is 0 Å². The summed E-state index contributed by atoms with van der Waals surface area (Å²) in [6, 6.07) is 5.23. The van der Waals surface area contributed by atoms with Crippen molar-refractivity contribution in [2.45, 2.75) is 6.10 Å². The number of hydrogen-bond acceptors (Lipinski definition) is 4. The zero-order valence-electron chi connectivity index (χ0n) is 8.69. The summed E-state index contributed by atoms with van der Waals surface area (Å²) in [5, 5.41) is 13.0. The molecule has 1 aliphatic heterocycles. The van der Waals surface area contributed by atoms with E-state index in [1.165, 1.54) is 0 Å². The van der Waals surface area contributed by atoms with E-state index in [1.54, 1.807) is 19.2 Å². The third-order valence-electron chi connectivity index (χ3n) is 2.51. The summed E-state index contributed by atoms with van der Waals surface area (Å²) in [6.45, 7) is 2.21. The molecule has 1 aromatic carbocycles. The highest BCUT2D eigenvalue weighted by molar-refractivity contribution is 5.45. The quantitative estimate of drug-likeness (QED) is 0.764. The third kappa shape index (κ3) is 2.06. The van der Waals surface area contributed by atoms with Gasteiger partial charge in [0.25, 0.3) is 0 Å². The molecule has 1 aromatic rings. The molecule has 0 saturated carbocycles. The fraction of sp³-hybridized carbons (Fsp3) is 0.455. The van der Waals surface area contributed by atoms with Crippen LogP contribution in [0.15, 0.2) is 18.2 Å². The monoisotopic (exact) mass is 209 g/mol. The topological polar surface area (TPSA) is 50.7 Å². The summed E-state index contributed by atoms with van der Waals surface area (Å²) >= 11 is 0. The van der Waals surface area contributed by atoms with Gasteiger partial charge in [0.2, 0.25) is 0 Å². The van der Waals surface area contributed by atoms with E-state index in [2.05, 4.69) is 5.32 Å². The van der Waals surface area contributed by atoms with Gasteiger partial charge in [0.15, 0.2) is 0 Å². The van der Waals surface area contributed by atoms with Gasteiger partial charge < -0.3 is 19.9 Å². The van der Waals surface area contributed by atoms with Gasteiger partial charge in [-0.25, -0.2) is 0 Å². The maximum absolute atomic E-state index is 9.79. The fourth-order valence-corrected chi connectivity index (χ4v) is 1.78. The zero-order valence-corrected chi connectivity index (χ0v) is 8.69. The van der Waals surface area contributed by atoms with Crippen LogP contribution in [0.1, 0.15) is 11.7 Å². The predicted molar refractivity (Wildman–Crippen MR) is 56.2 cm³/mol. The fourth-order valence-electron chi connectivity index (χ4n) is 1.78. The second-order valence-electron chi connectivity index (χ2n) is 3.46. The highest BCUT2D eigenvalue weighted by Crippen LogP contribution is 2.35. The SMILES string of the molecule is COc1cccc(O)c1C1CNCCO1. The lowest BCUT2D eigenvalue weighted by Crippen LogP contribution is -2.33. The lowest BCUT2D eigenvalue weighted by atomic mass is 10.1. The molecule has 0 spiro atoms. The number of hydrogen-bond donors (Lipinski definition) is 2. The number of rotatable bonds is 2. The number of aromatic hydroxyl groups is 1. The van der Waals surface area contributed by atoms with Crippen LogP contribution in [0, 0.1) is 0 Å². The van der Waals surface area contributed by atoms with E-state index in [0.29, 0.717) is 18.9 Å². The smallest absolute Gasteiger partial charge is 0.128 e. The second kappa shape index (κ2) is 4.51. The Balaban J connectivity index is 2.31. The number of morpholine rings is 1. The lowest BCUT2D eigenvalue weighted by molar-refractivity contribution is 0.0248. The first-order chi connectivity index (χ1) is 7.33. The molecule has 2 N–H and O–H groups in total. The molecule has 0 bridgehead atoms. The van der Waals surface area contributed by atoms with Crippen LogP contribution < -0.4 is 10.1 Å². The normalized spacial score (nSPS) is 21.3. The molecule has 1 saturated heterocycles. The van der Waals surface area contributed by atoms with E-state index >= 15 is 0 Å². The Morgan fingerprint density at radius 1 is 1.53 bits per heavy atom. The largest absolute Gasteiger partial charge is 0.507 e. The summed E-state index contributed by atoms with van der Waals surface area (Å²) in [4.78, 5) is 0. The minimum absolute atomic E-state index is 0.130. The zero-order chi connectivity index (χ0) is 10.7. The average Bonchev–Trinajstić information content (AvgIpc) is 2.29. The van der Waals surface area contributed by atoms with Gasteiger partial charge in [0.05, 0.1) is 19.3 Å². The highest BCUT2D eigenvalue weighted by atomic mass is 16.5. The molecule has 0 aromatic heterocycles. The molecule has 1 fully saturated rings. The van der Waals surface area contributed by atoms with Crippen molar-refractivity contribution in [1.82, 2.24) is 5.32 Å². The van der Waals surface area contributed by atoms with Crippen LogP contribution in [-0.4, -0.2) is 31.9 Å². The van der Waals surface area contributed by atoms with E-state index in [9.17, 15) is 5.11 Å². The van der Waals surface area contributed by atoms with Crippen molar-refractivity contribution in [1.29, 1.82) is 0 Å². The Morgan fingerprint density at radius 2 is 2.40 bits per heavy atom. The highest BCUT2D eigenvalue weighted by Gasteiger charge is 2.22. The van der Waals surface area contributed by atoms with Crippen LogP contribution in [-0.2, 0) is 4.74 Å². The third-order valence-corrected chi connectivity index (χ3v) is 2.51. The van der Waals surface area contributed by atoms with E-state index in [0.717, 1.165) is 12.1 Å². The maximum atomic E-state index is 9.79. The number of nitrogens with one attached hydrogen (secondary N) is 1. The first-order valence-corrected chi connectivity index (χ1v) is 5.01. The minimum Gasteiger partial charge on any atom is -0.507 e. The Morgan fingerprint density at radius 3 is 3.07 bits per heavy atom. The van der Waals surface area contributed by atoms with E-state index in [-0.39, 0.29) is 11.9 Å². The maximum Gasteiger partial charge on any atom is 0.128 e. The molecule has 0 amide bonds. The van der Waals surface area contributed by atoms with Crippen molar-refractivity contribution < 1.29 is 14.6 Å². The van der Waals surface area contributed by atoms with Crippen molar-refractivity contribution in [2.75, 3.05) is 26.8 Å². The summed E-state index contributed by atoms with van der Waals surface area (Å²) in [5.74, 6) is 0.895. The van der Waals surface area contributed by atoms with Gasteiger partial charge in [-0.1, -0.05) is 6.07 Å². The molecule has 2 rings (SSSR count). The van der Waals surface area contributed by atoms with Crippen LogP contribution in [0.25, 0.3) is 0 Å². The average molecular weight is 209 g/mol. The standard InChI is InChI=1S/C11H15NO3/c1-14-9-4-2-3-8(13)11(9)10-7-12-5-6-15-10/h2-4,10,12-13H,5-7H2,1H3. The molecule has 1 unspecified atom stereocenters. The van der Waals surface area contributed by atoms with Crippen LogP contribution >= 0.6 is 0 Å². The first kappa shape index (κ1) is 10.3. The molecule has 0 radical (unpaired) electrons. The number of phenols is 1. The molecule has 0 aliphatic carbocycles. The predicted octanol–water partition coefficient (Wildman–Crippen LogP) is 1.06. The lowest BCUT2D eigenvalue weighted by Gasteiger charge is -2.25. The van der Waals surface area contributed by atoms with Crippen molar-refractivity contribution in [3.8, 4) is 11.5 Å². The molecular weight excluding hydrogens is 194 g/mol. The second-order valence-corrected chi connectivity index (χ2v) is 3.46. The number of methoxy groups -OCH3 is 1. The molecule has 82 valence electrons. The molecule has 1 heterocycles. The summed E-state index contributed by atoms with van der Waals surface area (Å²) in [7, 11) is 1.59. The first-order valence-electron chi connectivity index (χ1n) is 5.01. The summed E-state index contributed by atoms with van der Waals surface area (Å²) < 4.78 is 10.8. The Bertz CT molecular complexity index is 335. The van der Waals surface area contributed by atoms with Gasteiger partial charge in [0, 0.05) is 13.1 Å². The molecule has 4 nitrogen and oxygen atoms in total. The van der Waals surface area contributed by atoms with Gasteiger partial charge in [-0.15, -0.1) is 0 Å². The number of benzene rings is 1. The number of phenolic OH excluding ortho intramolecular Hbond substituents is 1. The van der Waals surface area contributed by atoms with Crippen LogP contribution in [0.2, 0.25) is 0 Å². The molecule has 15 heavy (non-hydrogen) atoms. The van der Waals surface area contributed by atoms with Crippen molar-refractivity contribution in [2.24, 2.45) is 0 Å². The Hall–Kier alpha value is -1.26.